The molecule has 4 aromatic heterocycles. The van der Waals surface area contributed by atoms with Gasteiger partial charge in [-0.1, -0.05) is 30.7 Å². The number of nitrogen functional groups attached to an aromatic ring is 1. The summed E-state index contributed by atoms with van der Waals surface area (Å²) in [5.41, 5.74) is 11.3. The average molecular weight is 393 g/mol. The Morgan fingerprint density at radius 3 is 2.63 bits per heavy atom. The molecule has 1 aliphatic rings. The minimum atomic E-state index is 0.426. The zero-order chi connectivity index (χ0) is 20.1. The molecule has 7 heteroatoms. The number of rotatable bonds is 3. The number of hydrogen-bond donors (Lipinski definition) is 1. The number of pyridine rings is 2. The molecule has 0 bridgehead atoms. The summed E-state index contributed by atoms with van der Waals surface area (Å²) in [4.78, 5) is 18.4. The lowest BCUT2D eigenvalue weighted by Gasteiger charge is -2.23. The van der Waals surface area contributed by atoms with Gasteiger partial charge in [-0.3, -0.25) is 4.98 Å². The Kier molecular flexibility index (Phi) is 3.74. The van der Waals surface area contributed by atoms with E-state index >= 15 is 0 Å². The molecule has 0 spiro atoms. The Labute approximate surface area is 172 Å². The van der Waals surface area contributed by atoms with Gasteiger partial charge in [-0.2, -0.15) is 5.10 Å². The van der Waals surface area contributed by atoms with Crippen molar-refractivity contribution >= 4 is 22.2 Å². The number of anilines is 1. The van der Waals surface area contributed by atoms with Crippen molar-refractivity contribution < 1.29 is 0 Å². The lowest BCUT2D eigenvalue weighted by molar-refractivity contribution is 0.396. The Bertz CT molecular complexity index is 1390. The molecule has 146 valence electrons. The lowest BCUT2D eigenvalue weighted by atomic mass is 9.85. The zero-order valence-corrected chi connectivity index (χ0v) is 16.2. The second-order valence-corrected chi connectivity index (χ2v) is 7.67. The van der Waals surface area contributed by atoms with Crippen LogP contribution < -0.4 is 5.73 Å². The Hall–Kier alpha value is -3.87. The highest BCUT2D eigenvalue weighted by molar-refractivity contribution is 5.91. The summed E-state index contributed by atoms with van der Waals surface area (Å²) in [6.45, 7) is 0. The van der Waals surface area contributed by atoms with Gasteiger partial charge in [0.25, 0.3) is 0 Å². The molecule has 1 aliphatic carbocycles. The predicted molar refractivity (Wildman–Crippen MR) is 116 cm³/mol. The SMILES string of the molecule is Nc1ncnn2c(C3CCC3)nc(-c3ccc4ccc(-c5ccccn5)nc4c3)c12. The van der Waals surface area contributed by atoms with E-state index in [1.165, 1.54) is 12.7 Å². The van der Waals surface area contributed by atoms with Crippen molar-refractivity contribution in [3.8, 4) is 22.6 Å². The lowest BCUT2D eigenvalue weighted by Crippen LogP contribution is -2.14. The summed E-state index contributed by atoms with van der Waals surface area (Å²) in [6, 6.07) is 16.1. The van der Waals surface area contributed by atoms with Crippen LogP contribution in [0.2, 0.25) is 0 Å². The Morgan fingerprint density at radius 2 is 1.83 bits per heavy atom. The van der Waals surface area contributed by atoms with Crippen LogP contribution in [-0.4, -0.2) is 29.5 Å². The molecule has 4 heterocycles. The molecule has 0 radical (unpaired) electrons. The molecule has 0 atom stereocenters. The fourth-order valence-corrected chi connectivity index (χ4v) is 4.03. The summed E-state index contributed by atoms with van der Waals surface area (Å²) >= 11 is 0. The summed E-state index contributed by atoms with van der Waals surface area (Å²) in [5.74, 6) is 1.83. The monoisotopic (exact) mass is 393 g/mol. The van der Waals surface area contributed by atoms with Crippen molar-refractivity contribution in [2.75, 3.05) is 5.73 Å². The smallest absolute Gasteiger partial charge is 0.153 e. The number of nitrogens with two attached hydrogens (primary N) is 1. The number of aromatic nitrogens is 6. The molecule has 1 aromatic carbocycles. The van der Waals surface area contributed by atoms with E-state index in [0.717, 1.165) is 57.7 Å². The molecule has 5 aromatic rings. The van der Waals surface area contributed by atoms with Gasteiger partial charge >= 0.3 is 0 Å². The van der Waals surface area contributed by atoms with E-state index in [-0.39, 0.29) is 0 Å². The topological polar surface area (TPSA) is 94.9 Å². The fraction of sp³-hybridized carbons (Fsp3) is 0.174. The first kappa shape index (κ1) is 17.0. The summed E-state index contributed by atoms with van der Waals surface area (Å²) in [6.07, 6.45) is 6.77. The zero-order valence-electron chi connectivity index (χ0n) is 16.2. The van der Waals surface area contributed by atoms with Crippen LogP contribution in [0.15, 0.2) is 61.1 Å². The van der Waals surface area contributed by atoms with Crippen molar-refractivity contribution in [2.45, 2.75) is 25.2 Å². The van der Waals surface area contributed by atoms with E-state index < -0.39 is 0 Å². The minimum Gasteiger partial charge on any atom is -0.382 e. The maximum atomic E-state index is 6.24. The van der Waals surface area contributed by atoms with Crippen LogP contribution in [0.4, 0.5) is 5.82 Å². The van der Waals surface area contributed by atoms with Gasteiger partial charge in [0.1, 0.15) is 23.4 Å². The molecule has 0 aliphatic heterocycles. The van der Waals surface area contributed by atoms with Crippen molar-refractivity contribution in [1.82, 2.24) is 29.5 Å². The van der Waals surface area contributed by atoms with Gasteiger partial charge in [0.2, 0.25) is 0 Å². The highest BCUT2D eigenvalue weighted by Gasteiger charge is 2.27. The maximum Gasteiger partial charge on any atom is 0.153 e. The summed E-state index contributed by atoms with van der Waals surface area (Å²) < 4.78 is 1.86. The van der Waals surface area contributed by atoms with Gasteiger partial charge in [0, 0.05) is 23.1 Å². The first-order valence-corrected chi connectivity index (χ1v) is 10.1. The molecular weight excluding hydrogens is 374 g/mol. The predicted octanol–water partition coefficient (Wildman–Crippen LogP) is 4.25. The maximum absolute atomic E-state index is 6.24. The first-order chi connectivity index (χ1) is 14.8. The van der Waals surface area contributed by atoms with E-state index in [9.17, 15) is 0 Å². The quantitative estimate of drug-likeness (QED) is 0.492. The van der Waals surface area contributed by atoms with Crippen molar-refractivity contribution in [1.29, 1.82) is 0 Å². The first-order valence-electron chi connectivity index (χ1n) is 10.1. The van der Waals surface area contributed by atoms with Crippen LogP contribution in [0, 0.1) is 0 Å². The van der Waals surface area contributed by atoms with Gasteiger partial charge in [-0.05, 0) is 37.1 Å². The molecule has 2 N–H and O–H groups in total. The molecule has 0 saturated heterocycles. The Balaban J connectivity index is 1.53. The van der Waals surface area contributed by atoms with Gasteiger partial charge < -0.3 is 5.73 Å². The fourth-order valence-electron chi connectivity index (χ4n) is 4.03. The van der Waals surface area contributed by atoms with Gasteiger partial charge in [-0.25, -0.2) is 19.5 Å². The van der Waals surface area contributed by atoms with Crippen molar-refractivity contribution in [2.24, 2.45) is 0 Å². The molecule has 1 fully saturated rings. The normalized spacial score (nSPS) is 14.3. The third-order valence-corrected chi connectivity index (χ3v) is 5.85. The molecule has 0 unspecified atom stereocenters. The summed E-state index contributed by atoms with van der Waals surface area (Å²) in [5, 5.41) is 5.51. The molecule has 7 nitrogen and oxygen atoms in total. The van der Waals surface area contributed by atoms with E-state index in [4.69, 9.17) is 15.7 Å². The van der Waals surface area contributed by atoms with Gasteiger partial charge in [0.05, 0.1) is 16.9 Å². The minimum absolute atomic E-state index is 0.426. The molecule has 6 rings (SSSR count). The highest BCUT2D eigenvalue weighted by atomic mass is 15.3. The molecule has 0 amide bonds. The van der Waals surface area contributed by atoms with Crippen LogP contribution >= 0.6 is 0 Å². The number of hydrogen-bond acceptors (Lipinski definition) is 6. The summed E-state index contributed by atoms with van der Waals surface area (Å²) in [7, 11) is 0. The molecular formula is C23H19N7. The van der Waals surface area contributed by atoms with Crippen LogP contribution in [0.25, 0.3) is 39.1 Å². The van der Waals surface area contributed by atoms with E-state index in [1.807, 2.05) is 28.8 Å². The second kappa shape index (κ2) is 6.59. The number of imidazole rings is 1. The van der Waals surface area contributed by atoms with Crippen LogP contribution in [0.1, 0.15) is 31.0 Å². The van der Waals surface area contributed by atoms with E-state index in [1.54, 1.807) is 6.20 Å². The van der Waals surface area contributed by atoms with E-state index in [2.05, 4.69) is 39.3 Å². The largest absolute Gasteiger partial charge is 0.382 e. The van der Waals surface area contributed by atoms with Crippen molar-refractivity contribution in [3.05, 3.63) is 66.9 Å². The average Bonchev–Trinajstić information content (AvgIpc) is 3.13. The van der Waals surface area contributed by atoms with Crippen LogP contribution in [-0.2, 0) is 0 Å². The molecule has 1 saturated carbocycles. The number of nitrogens with zero attached hydrogens (tertiary/aromatic N) is 6. The second-order valence-electron chi connectivity index (χ2n) is 7.67. The van der Waals surface area contributed by atoms with Gasteiger partial charge in [-0.15, -0.1) is 0 Å². The number of benzene rings is 1. The highest BCUT2D eigenvalue weighted by Crippen LogP contribution is 2.39. The Morgan fingerprint density at radius 1 is 0.933 bits per heavy atom. The van der Waals surface area contributed by atoms with Crippen LogP contribution in [0.3, 0.4) is 0 Å². The number of fused-ring (bicyclic) bond motifs is 2. The van der Waals surface area contributed by atoms with Crippen LogP contribution in [0.5, 0.6) is 0 Å². The third-order valence-electron chi connectivity index (χ3n) is 5.85. The van der Waals surface area contributed by atoms with E-state index in [0.29, 0.717) is 11.7 Å². The molecule has 30 heavy (non-hydrogen) atoms. The van der Waals surface area contributed by atoms with Crippen molar-refractivity contribution in [3.63, 3.8) is 0 Å². The third kappa shape index (κ3) is 2.62. The standard InChI is InChI=1S/C23H19N7/c24-22-21-20(29-23(15-4-3-5-15)30(21)27-13-26-22)16-8-7-14-9-10-18(28-19(14)12-16)17-6-1-2-11-25-17/h1-2,6-13,15H,3-5H2,(H2,24,26,27). The van der Waals surface area contributed by atoms with Gasteiger partial charge in [0.15, 0.2) is 5.82 Å².